The van der Waals surface area contributed by atoms with Crippen LogP contribution in [0.4, 0.5) is 21.9 Å². The summed E-state index contributed by atoms with van der Waals surface area (Å²) in [6.07, 6.45) is 0. The molecule has 0 saturated carbocycles. The van der Waals surface area contributed by atoms with Gasteiger partial charge in [0.05, 0.1) is 0 Å². The molecular formula is C21H18ClN3O2. The molecule has 3 amide bonds. The smallest absolute Gasteiger partial charge is 0.322 e. The normalized spacial score (nSPS) is 10.1. The molecule has 0 atom stereocenters. The Labute approximate surface area is 162 Å². The number of urea groups is 1. The molecule has 3 aromatic carbocycles. The highest BCUT2D eigenvalue weighted by Gasteiger charge is 2.09. The first kappa shape index (κ1) is 18.5. The number of aryl methyl sites for hydroxylation is 1. The van der Waals surface area contributed by atoms with Crippen LogP contribution in [-0.4, -0.2) is 11.9 Å². The third-order valence-electron chi connectivity index (χ3n) is 3.85. The van der Waals surface area contributed by atoms with Crippen molar-refractivity contribution in [2.75, 3.05) is 16.0 Å². The standard InChI is InChI=1S/C21H18ClN3O2/c1-14-12-18(24-21(27)23-17-9-5-8-16(22)13-17)10-11-19(14)25-20(26)15-6-3-2-4-7-15/h2-13H,1H3,(H,25,26)(H2,23,24,27). The van der Waals surface area contributed by atoms with Crippen LogP contribution in [0.3, 0.4) is 0 Å². The first-order chi connectivity index (χ1) is 13.0. The van der Waals surface area contributed by atoms with Crippen molar-refractivity contribution in [2.24, 2.45) is 0 Å². The molecule has 27 heavy (non-hydrogen) atoms. The van der Waals surface area contributed by atoms with Crippen molar-refractivity contribution >= 4 is 40.6 Å². The number of hydrogen-bond donors (Lipinski definition) is 3. The van der Waals surface area contributed by atoms with E-state index >= 15 is 0 Å². The number of benzene rings is 3. The van der Waals surface area contributed by atoms with E-state index in [2.05, 4.69) is 16.0 Å². The maximum Gasteiger partial charge on any atom is 0.323 e. The van der Waals surface area contributed by atoms with Crippen LogP contribution in [0.1, 0.15) is 15.9 Å². The number of amides is 3. The second kappa shape index (κ2) is 8.38. The first-order valence-corrected chi connectivity index (χ1v) is 8.70. The number of hydrogen-bond acceptors (Lipinski definition) is 2. The molecule has 136 valence electrons. The van der Waals surface area contributed by atoms with Gasteiger partial charge in [-0.25, -0.2) is 4.79 Å². The molecule has 0 aliphatic heterocycles. The van der Waals surface area contributed by atoms with Crippen molar-refractivity contribution in [1.82, 2.24) is 0 Å². The van der Waals surface area contributed by atoms with Gasteiger partial charge in [0.15, 0.2) is 0 Å². The predicted octanol–water partition coefficient (Wildman–Crippen LogP) is 5.54. The number of nitrogens with one attached hydrogen (secondary N) is 3. The van der Waals surface area contributed by atoms with E-state index < -0.39 is 0 Å². The summed E-state index contributed by atoms with van der Waals surface area (Å²) in [6, 6.07) is 20.8. The Morgan fingerprint density at radius 2 is 1.48 bits per heavy atom. The molecule has 6 heteroatoms. The van der Waals surface area contributed by atoms with E-state index in [1.165, 1.54) is 0 Å². The number of rotatable bonds is 4. The minimum Gasteiger partial charge on any atom is -0.322 e. The van der Waals surface area contributed by atoms with Gasteiger partial charge >= 0.3 is 6.03 Å². The number of carbonyl (C=O) groups is 2. The van der Waals surface area contributed by atoms with Crippen LogP contribution in [-0.2, 0) is 0 Å². The molecule has 0 radical (unpaired) electrons. The van der Waals surface area contributed by atoms with Gasteiger partial charge in [0.25, 0.3) is 5.91 Å². The molecule has 0 saturated heterocycles. The van der Waals surface area contributed by atoms with Crippen molar-refractivity contribution in [2.45, 2.75) is 6.92 Å². The van der Waals surface area contributed by atoms with Crippen LogP contribution in [0, 0.1) is 6.92 Å². The van der Waals surface area contributed by atoms with Crippen LogP contribution >= 0.6 is 11.6 Å². The van der Waals surface area contributed by atoms with Gasteiger partial charge in [-0.1, -0.05) is 35.9 Å². The summed E-state index contributed by atoms with van der Waals surface area (Å²) in [4.78, 5) is 24.4. The van der Waals surface area contributed by atoms with E-state index in [0.29, 0.717) is 27.6 Å². The second-order valence-corrected chi connectivity index (χ2v) is 6.38. The molecule has 3 rings (SSSR count). The minimum atomic E-state index is -0.377. The Morgan fingerprint density at radius 3 is 2.15 bits per heavy atom. The Morgan fingerprint density at radius 1 is 0.778 bits per heavy atom. The van der Waals surface area contributed by atoms with Crippen molar-refractivity contribution < 1.29 is 9.59 Å². The fraction of sp³-hybridized carbons (Fsp3) is 0.0476. The van der Waals surface area contributed by atoms with Crippen LogP contribution in [0.25, 0.3) is 0 Å². The van der Waals surface area contributed by atoms with Gasteiger partial charge in [-0.15, -0.1) is 0 Å². The Hall–Kier alpha value is -3.31. The summed E-state index contributed by atoms with van der Waals surface area (Å²) < 4.78 is 0. The quantitative estimate of drug-likeness (QED) is 0.556. The molecule has 3 aromatic rings. The maximum atomic E-state index is 12.3. The number of carbonyl (C=O) groups excluding carboxylic acids is 2. The molecule has 0 heterocycles. The highest BCUT2D eigenvalue weighted by molar-refractivity contribution is 6.30. The molecule has 3 N–H and O–H groups in total. The van der Waals surface area contributed by atoms with Gasteiger partial charge in [0, 0.05) is 27.6 Å². The number of anilines is 3. The summed E-state index contributed by atoms with van der Waals surface area (Å²) >= 11 is 5.91. The average Bonchev–Trinajstić information content (AvgIpc) is 2.64. The number of halogens is 1. The molecule has 0 aliphatic carbocycles. The van der Waals surface area contributed by atoms with Crippen LogP contribution in [0.15, 0.2) is 72.8 Å². The Kier molecular flexibility index (Phi) is 5.74. The van der Waals surface area contributed by atoms with E-state index in [0.717, 1.165) is 5.56 Å². The minimum absolute atomic E-state index is 0.182. The monoisotopic (exact) mass is 379 g/mol. The third-order valence-corrected chi connectivity index (χ3v) is 4.09. The van der Waals surface area contributed by atoms with E-state index in [4.69, 9.17) is 11.6 Å². The van der Waals surface area contributed by atoms with E-state index in [9.17, 15) is 9.59 Å². The zero-order valence-corrected chi connectivity index (χ0v) is 15.4. The fourth-order valence-electron chi connectivity index (χ4n) is 2.53. The highest BCUT2D eigenvalue weighted by atomic mass is 35.5. The Balaban J connectivity index is 1.64. The molecule has 0 aromatic heterocycles. The van der Waals surface area contributed by atoms with Gasteiger partial charge in [0.2, 0.25) is 0 Å². The van der Waals surface area contributed by atoms with E-state index in [1.54, 1.807) is 54.6 Å². The van der Waals surface area contributed by atoms with Crippen molar-refractivity contribution in [3.8, 4) is 0 Å². The van der Waals surface area contributed by atoms with Crippen LogP contribution in [0.5, 0.6) is 0 Å². The molecule has 0 aliphatic rings. The molecule has 0 unspecified atom stereocenters. The fourth-order valence-corrected chi connectivity index (χ4v) is 2.72. The summed E-state index contributed by atoms with van der Waals surface area (Å²) in [6.45, 7) is 1.86. The van der Waals surface area contributed by atoms with Gasteiger partial charge in [-0.3, -0.25) is 4.79 Å². The third kappa shape index (κ3) is 5.09. The van der Waals surface area contributed by atoms with Crippen LogP contribution in [0.2, 0.25) is 5.02 Å². The van der Waals surface area contributed by atoms with Gasteiger partial charge in [-0.05, 0) is 61.0 Å². The topological polar surface area (TPSA) is 70.2 Å². The SMILES string of the molecule is Cc1cc(NC(=O)Nc2cccc(Cl)c2)ccc1NC(=O)c1ccccc1. The van der Waals surface area contributed by atoms with Crippen molar-refractivity contribution in [3.05, 3.63) is 88.9 Å². The van der Waals surface area contributed by atoms with Crippen LogP contribution < -0.4 is 16.0 Å². The lowest BCUT2D eigenvalue weighted by molar-refractivity contribution is 0.102. The lowest BCUT2D eigenvalue weighted by Crippen LogP contribution is -2.19. The Bertz CT molecular complexity index is 974. The first-order valence-electron chi connectivity index (χ1n) is 8.32. The van der Waals surface area contributed by atoms with Gasteiger partial charge in [-0.2, -0.15) is 0 Å². The molecule has 5 nitrogen and oxygen atoms in total. The largest absolute Gasteiger partial charge is 0.323 e. The molecule has 0 fully saturated rings. The zero-order chi connectivity index (χ0) is 19.2. The van der Waals surface area contributed by atoms with E-state index in [-0.39, 0.29) is 11.9 Å². The maximum absolute atomic E-state index is 12.3. The molecule has 0 spiro atoms. The summed E-state index contributed by atoms with van der Waals surface area (Å²) in [5.74, 6) is -0.182. The predicted molar refractivity (Wildman–Crippen MR) is 110 cm³/mol. The highest BCUT2D eigenvalue weighted by Crippen LogP contribution is 2.21. The summed E-state index contributed by atoms with van der Waals surface area (Å²) in [5, 5.41) is 8.89. The summed E-state index contributed by atoms with van der Waals surface area (Å²) in [5.41, 5.74) is 3.32. The van der Waals surface area contributed by atoms with Crippen molar-refractivity contribution in [3.63, 3.8) is 0 Å². The second-order valence-electron chi connectivity index (χ2n) is 5.94. The lowest BCUT2D eigenvalue weighted by Gasteiger charge is -2.12. The lowest BCUT2D eigenvalue weighted by atomic mass is 10.1. The average molecular weight is 380 g/mol. The van der Waals surface area contributed by atoms with Gasteiger partial charge in [0.1, 0.15) is 0 Å². The molecule has 0 bridgehead atoms. The van der Waals surface area contributed by atoms with Gasteiger partial charge < -0.3 is 16.0 Å². The summed E-state index contributed by atoms with van der Waals surface area (Å²) in [7, 11) is 0. The molecular weight excluding hydrogens is 362 g/mol. The zero-order valence-electron chi connectivity index (χ0n) is 14.6. The van der Waals surface area contributed by atoms with E-state index in [1.807, 2.05) is 25.1 Å². The van der Waals surface area contributed by atoms with Crippen molar-refractivity contribution in [1.29, 1.82) is 0 Å².